The molecule has 1 fully saturated rings. The van der Waals surface area contributed by atoms with Crippen LogP contribution in [0.4, 0.5) is 0 Å². The van der Waals surface area contributed by atoms with Gasteiger partial charge in [0.05, 0.1) is 6.20 Å². The van der Waals surface area contributed by atoms with Crippen LogP contribution in [-0.2, 0) is 11.8 Å². The molecule has 0 atom stereocenters. The standard InChI is InChI=1S/C19H23N3O4/c1-14-10-17(11-18(23)21(14)2)26-15-5-8-22(9-6-15)19(24)13-25-16-4-3-7-20-12-16/h3-4,7,10-12,15H,5-6,8-9,13H2,1-2H3. The molecule has 0 radical (unpaired) electrons. The first kappa shape index (κ1) is 18.0. The highest BCUT2D eigenvalue weighted by molar-refractivity contribution is 5.77. The molecule has 1 aliphatic rings. The van der Waals surface area contributed by atoms with Crippen LogP contribution in [0.3, 0.4) is 0 Å². The number of amides is 1. The van der Waals surface area contributed by atoms with Gasteiger partial charge in [-0.1, -0.05) is 0 Å². The predicted molar refractivity (Wildman–Crippen MR) is 96.4 cm³/mol. The van der Waals surface area contributed by atoms with Gasteiger partial charge in [-0.15, -0.1) is 0 Å². The molecule has 26 heavy (non-hydrogen) atoms. The molecule has 2 aromatic heterocycles. The van der Waals surface area contributed by atoms with E-state index in [0.717, 1.165) is 18.5 Å². The van der Waals surface area contributed by atoms with Gasteiger partial charge in [-0.2, -0.15) is 0 Å². The number of hydrogen-bond donors (Lipinski definition) is 0. The number of aromatic nitrogens is 2. The van der Waals surface area contributed by atoms with Gasteiger partial charge in [-0.05, 0) is 25.1 Å². The highest BCUT2D eigenvalue weighted by atomic mass is 16.5. The molecule has 0 bridgehead atoms. The largest absolute Gasteiger partial charge is 0.490 e. The lowest BCUT2D eigenvalue weighted by atomic mass is 10.1. The SMILES string of the molecule is Cc1cc(OC2CCN(C(=O)COc3cccnc3)CC2)cc(=O)n1C. The zero-order valence-corrected chi connectivity index (χ0v) is 15.1. The fourth-order valence-corrected chi connectivity index (χ4v) is 2.89. The second kappa shape index (κ2) is 8.03. The van der Waals surface area contributed by atoms with Gasteiger partial charge in [-0.3, -0.25) is 14.6 Å². The quantitative estimate of drug-likeness (QED) is 0.811. The second-order valence-corrected chi connectivity index (χ2v) is 6.41. The lowest BCUT2D eigenvalue weighted by Crippen LogP contribution is -2.43. The molecular formula is C19H23N3O4. The van der Waals surface area contributed by atoms with E-state index >= 15 is 0 Å². The zero-order chi connectivity index (χ0) is 18.5. The minimum absolute atomic E-state index is 0.00444. The average molecular weight is 357 g/mol. The first-order valence-corrected chi connectivity index (χ1v) is 8.68. The van der Waals surface area contributed by atoms with Crippen molar-refractivity contribution in [3.8, 4) is 11.5 Å². The minimum Gasteiger partial charge on any atom is -0.490 e. The summed E-state index contributed by atoms with van der Waals surface area (Å²) in [6.45, 7) is 3.11. The molecular weight excluding hydrogens is 334 g/mol. The third-order valence-electron chi connectivity index (χ3n) is 4.57. The van der Waals surface area contributed by atoms with Gasteiger partial charge >= 0.3 is 0 Å². The van der Waals surface area contributed by atoms with Crippen LogP contribution in [0.2, 0.25) is 0 Å². The Labute approximate surface area is 152 Å². The molecule has 1 saturated heterocycles. The molecule has 0 aromatic carbocycles. The molecule has 3 rings (SSSR count). The summed E-state index contributed by atoms with van der Waals surface area (Å²) in [6.07, 6.45) is 4.70. The maximum absolute atomic E-state index is 12.3. The average Bonchev–Trinajstić information content (AvgIpc) is 2.65. The Bertz CT molecular complexity index is 811. The summed E-state index contributed by atoms with van der Waals surface area (Å²) in [7, 11) is 1.74. The number of nitrogens with zero attached hydrogens (tertiary/aromatic N) is 3. The van der Waals surface area contributed by atoms with Crippen LogP contribution in [0, 0.1) is 6.92 Å². The normalized spacial score (nSPS) is 14.9. The van der Waals surface area contributed by atoms with Crippen molar-refractivity contribution in [3.63, 3.8) is 0 Å². The van der Waals surface area contributed by atoms with Crippen LogP contribution < -0.4 is 15.0 Å². The monoisotopic (exact) mass is 357 g/mol. The minimum atomic E-state index is -0.0832. The van der Waals surface area contributed by atoms with E-state index in [2.05, 4.69) is 4.98 Å². The topological polar surface area (TPSA) is 73.7 Å². The van der Waals surface area contributed by atoms with Crippen LogP contribution in [-0.4, -0.2) is 46.2 Å². The van der Waals surface area contributed by atoms with E-state index in [1.807, 2.05) is 13.0 Å². The van der Waals surface area contributed by atoms with E-state index in [1.54, 1.807) is 41.0 Å². The number of hydrogen-bond acceptors (Lipinski definition) is 5. The molecule has 1 amide bonds. The van der Waals surface area contributed by atoms with Gasteiger partial charge in [0.25, 0.3) is 11.5 Å². The van der Waals surface area contributed by atoms with Gasteiger partial charge < -0.3 is 18.9 Å². The van der Waals surface area contributed by atoms with E-state index in [1.165, 1.54) is 6.07 Å². The maximum atomic E-state index is 12.3. The van der Waals surface area contributed by atoms with E-state index in [9.17, 15) is 9.59 Å². The molecule has 7 nitrogen and oxygen atoms in total. The lowest BCUT2D eigenvalue weighted by molar-refractivity contribution is -0.135. The Morgan fingerprint density at radius 2 is 2.04 bits per heavy atom. The molecule has 0 aliphatic carbocycles. The zero-order valence-electron chi connectivity index (χ0n) is 15.1. The van der Waals surface area contributed by atoms with Crippen LogP contribution in [0.5, 0.6) is 11.5 Å². The molecule has 0 spiro atoms. The molecule has 3 heterocycles. The summed E-state index contributed by atoms with van der Waals surface area (Å²) < 4.78 is 13.0. The number of rotatable bonds is 5. The molecule has 0 N–H and O–H groups in total. The first-order valence-electron chi connectivity index (χ1n) is 8.68. The Kier molecular flexibility index (Phi) is 5.55. The summed E-state index contributed by atoms with van der Waals surface area (Å²) >= 11 is 0. The van der Waals surface area contributed by atoms with E-state index in [4.69, 9.17) is 9.47 Å². The summed E-state index contributed by atoms with van der Waals surface area (Å²) in [5, 5.41) is 0. The van der Waals surface area contributed by atoms with Crippen LogP contribution >= 0.6 is 0 Å². The number of aryl methyl sites for hydroxylation is 1. The number of carbonyl (C=O) groups excluding carboxylic acids is 1. The van der Waals surface area contributed by atoms with E-state index in [-0.39, 0.29) is 24.2 Å². The van der Waals surface area contributed by atoms with Gasteiger partial charge in [0.1, 0.15) is 17.6 Å². The van der Waals surface area contributed by atoms with Gasteiger partial charge in [-0.25, -0.2) is 0 Å². The smallest absolute Gasteiger partial charge is 0.260 e. The van der Waals surface area contributed by atoms with Gasteiger partial charge in [0.2, 0.25) is 0 Å². The van der Waals surface area contributed by atoms with Crippen LogP contribution in [0.15, 0.2) is 41.5 Å². The number of likely N-dealkylation sites (tertiary alicyclic amines) is 1. The summed E-state index contributed by atoms with van der Waals surface area (Å²) in [5.41, 5.74) is 0.771. The third-order valence-corrected chi connectivity index (χ3v) is 4.57. The molecule has 138 valence electrons. The Morgan fingerprint density at radius 1 is 1.27 bits per heavy atom. The van der Waals surface area contributed by atoms with Crippen molar-refractivity contribution in [2.45, 2.75) is 25.9 Å². The Morgan fingerprint density at radius 3 is 2.69 bits per heavy atom. The highest BCUT2D eigenvalue weighted by Crippen LogP contribution is 2.19. The summed E-state index contributed by atoms with van der Waals surface area (Å²) in [6, 6.07) is 6.90. The van der Waals surface area contributed by atoms with Crippen molar-refractivity contribution in [2.24, 2.45) is 7.05 Å². The van der Waals surface area contributed by atoms with Crippen LogP contribution in [0.1, 0.15) is 18.5 Å². The molecule has 1 aliphatic heterocycles. The fourth-order valence-electron chi connectivity index (χ4n) is 2.89. The number of pyridine rings is 2. The van der Waals surface area contributed by atoms with Crippen molar-refractivity contribution < 1.29 is 14.3 Å². The van der Waals surface area contributed by atoms with Gasteiger partial charge in [0.15, 0.2) is 6.61 Å². The Hall–Kier alpha value is -2.83. The molecule has 0 unspecified atom stereocenters. The van der Waals surface area contributed by atoms with E-state index in [0.29, 0.717) is 24.6 Å². The lowest BCUT2D eigenvalue weighted by Gasteiger charge is -2.32. The molecule has 2 aromatic rings. The Balaban J connectivity index is 1.48. The highest BCUT2D eigenvalue weighted by Gasteiger charge is 2.24. The van der Waals surface area contributed by atoms with Crippen molar-refractivity contribution in [3.05, 3.63) is 52.7 Å². The first-order chi connectivity index (χ1) is 12.5. The van der Waals surface area contributed by atoms with Crippen molar-refractivity contribution in [1.29, 1.82) is 0 Å². The third kappa shape index (κ3) is 4.41. The van der Waals surface area contributed by atoms with Crippen molar-refractivity contribution >= 4 is 5.91 Å². The number of carbonyl (C=O) groups is 1. The predicted octanol–water partition coefficient (Wildman–Crippen LogP) is 1.54. The summed E-state index contributed by atoms with van der Waals surface area (Å²) in [5.74, 6) is 1.13. The summed E-state index contributed by atoms with van der Waals surface area (Å²) in [4.78, 5) is 29.8. The van der Waals surface area contributed by atoms with Crippen molar-refractivity contribution in [1.82, 2.24) is 14.5 Å². The maximum Gasteiger partial charge on any atom is 0.260 e. The molecule has 7 heteroatoms. The van der Waals surface area contributed by atoms with Crippen molar-refractivity contribution in [2.75, 3.05) is 19.7 Å². The van der Waals surface area contributed by atoms with E-state index < -0.39 is 0 Å². The second-order valence-electron chi connectivity index (χ2n) is 6.41. The number of piperidine rings is 1. The van der Waals surface area contributed by atoms with Crippen LogP contribution in [0.25, 0.3) is 0 Å². The number of ether oxygens (including phenoxy) is 2. The fraction of sp³-hybridized carbons (Fsp3) is 0.421. The molecule has 0 saturated carbocycles. The van der Waals surface area contributed by atoms with Gasteiger partial charge in [0, 0.05) is 50.9 Å².